The van der Waals surface area contributed by atoms with E-state index in [0.29, 0.717) is 12.0 Å². The Labute approximate surface area is 91.5 Å². The van der Waals surface area contributed by atoms with Crippen molar-refractivity contribution >= 4 is 5.97 Å². The lowest BCUT2D eigenvalue weighted by Crippen LogP contribution is -2.35. The molecule has 0 aromatic heterocycles. The molecule has 0 saturated heterocycles. The zero-order chi connectivity index (χ0) is 11.8. The van der Waals surface area contributed by atoms with Gasteiger partial charge in [0.2, 0.25) is 0 Å². The van der Waals surface area contributed by atoms with E-state index < -0.39 is 12.2 Å². The first kappa shape index (κ1) is 14.1. The van der Waals surface area contributed by atoms with Gasteiger partial charge in [-0.25, -0.2) is 4.79 Å². The first-order valence-electron chi connectivity index (χ1n) is 5.27. The normalized spacial score (nSPS) is 12.6. The molecule has 0 bridgehead atoms. The number of aliphatic hydroxyl groups excluding tert-OH is 1. The van der Waals surface area contributed by atoms with Crippen molar-refractivity contribution in [2.45, 2.75) is 33.4 Å². The van der Waals surface area contributed by atoms with Gasteiger partial charge in [-0.3, -0.25) is 4.90 Å². The second-order valence-electron chi connectivity index (χ2n) is 3.41. The van der Waals surface area contributed by atoms with Crippen LogP contribution in [-0.4, -0.2) is 41.9 Å². The molecule has 0 amide bonds. The molecule has 0 rings (SSSR count). The summed E-state index contributed by atoms with van der Waals surface area (Å²) in [4.78, 5) is 12.9. The maximum absolute atomic E-state index is 11.0. The van der Waals surface area contributed by atoms with Gasteiger partial charge in [-0.2, -0.15) is 0 Å². The molecule has 0 heterocycles. The summed E-state index contributed by atoms with van der Waals surface area (Å²) in [7, 11) is 0. The zero-order valence-corrected chi connectivity index (χ0v) is 9.82. The van der Waals surface area contributed by atoms with Crippen LogP contribution in [-0.2, 0) is 9.53 Å². The van der Waals surface area contributed by atoms with Crippen LogP contribution in [0.15, 0.2) is 12.2 Å². The largest absolute Gasteiger partial charge is 0.462 e. The average molecular weight is 215 g/mol. The van der Waals surface area contributed by atoms with Crippen LogP contribution in [0.5, 0.6) is 0 Å². The molecule has 0 spiro atoms. The highest BCUT2D eigenvalue weighted by Gasteiger charge is 2.12. The van der Waals surface area contributed by atoms with Gasteiger partial charge in [0, 0.05) is 12.0 Å². The van der Waals surface area contributed by atoms with Gasteiger partial charge in [0.1, 0.15) is 6.23 Å². The van der Waals surface area contributed by atoms with E-state index in [1.54, 1.807) is 6.92 Å². The number of hydrogen-bond donors (Lipinski definition) is 1. The Balaban J connectivity index is 3.76. The number of carbonyl (C=O) groups excluding carboxylic acids is 1. The van der Waals surface area contributed by atoms with Gasteiger partial charge in [0.05, 0.1) is 6.61 Å². The Bertz CT molecular complexity index is 212. The number of aliphatic hydroxyl groups is 1. The van der Waals surface area contributed by atoms with Crippen LogP contribution in [0, 0.1) is 0 Å². The average Bonchev–Trinajstić information content (AvgIpc) is 2.19. The molecule has 0 fully saturated rings. The summed E-state index contributed by atoms with van der Waals surface area (Å²) in [5.41, 5.74) is 0.382. The van der Waals surface area contributed by atoms with Crippen LogP contribution in [0.1, 0.15) is 27.2 Å². The molecule has 1 unspecified atom stereocenters. The summed E-state index contributed by atoms with van der Waals surface area (Å²) in [6.45, 7) is 10.8. The Morgan fingerprint density at radius 1 is 1.47 bits per heavy atom. The third-order valence-electron chi connectivity index (χ3n) is 2.19. The smallest absolute Gasteiger partial charge is 0.333 e. The van der Waals surface area contributed by atoms with Gasteiger partial charge in [0.25, 0.3) is 0 Å². The first-order valence-corrected chi connectivity index (χ1v) is 5.27. The maximum Gasteiger partial charge on any atom is 0.333 e. The van der Waals surface area contributed by atoms with Crippen molar-refractivity contribution in [3.05, 3.63) is 12.2 Å². The third-order valence-corrected chi connectivity index (χ3v) is 2.19. The molecule has 0 aromatic carbocycles. The monoisotopic (exact) mass is 215 g/mol. The van der Waals surface area contributed by atoms with Crippen molar-refractivity contribution < 1.29 is 14.6 Å². The number of rotatable bonds is 7. The number of carbonyl (C=O) groups is 1. The van der Waals surface area contributed by atoms with Gasteiger partial charge < -0.3 is 9.84 Å². The number of ether oxygens (including phenoxy) is 1. The fourth-order valence-corrected chi connectivity index (χ4v) is 1.21. The van der Waals surface area contributed by atoms with Crippen molar-refractivity contribution in [2.24, 2.45) is 0 Å². The quantitative estimate of drug-likeness (QED) is 0.393. The lowest BCUT2D eigenvalue weighted by Gasteiger charge is -2.24. The van der Waals surface area contributed by atoms with Crippen molar-refractivity contribution in [2.75, 3.05) is 19.7 Å². The van der Waals surface area contributed by atoms with Gasteiger partial charge in [-0.05, 0) is 20.0 Å². The highest BCUT2D eigenvalue weighted by atomic mass is 16.5. The second kappa shape index (κ2) is 7.43. The Morgan fingerprint density at radius 2 is 2.00 bits per heavy atom. The van der Waals surface area contributed by atoms with E-state index in [1.807, 2.05) is 18.7 Å². The highest BCUT2D eigenvalue weighted by Crippen LogP contribution is 2.02. The molecule has 1 N–H and O–H groups in total. The summed E-state index contributed by atoms with van der Waals surface area (Å²) < 4.78 is 4.89. The molecule has 4 nitrogen and oxygen atoms in total. The molecule has 4 heteroatoms. The van der Waals surface area contributed by atoms with E-state index in [9.17, 15) is 9.90 Å². The zero-order valence-electron chi connectivity index (χ0n) is 9.82. The number of hydrogen-bond acceptors (Lipinski definition) is 4. The summed E-state index contributed by atoms with van der Waals surface area (Å²) in [5.74, 6) is -0.401. The maximum atomic E-state index is 11.0. The molecule has 15 heavy (non-hydrogen) atoms. The second-order valence-corrected chi connectivity index (χ2v) is 3.41. The molecular weight excluding hydrogens is 194 g/mol. The Morgan fingerprint density at radius 3 is 2.40 bits per heavy atom. The predicted octanol–water partition coefficient (Wildman–Crippen LogP) is 1.16. The Hall–Kier alpha value is -0.870. The molecule has 0 aliphatic carbocycles. The summed E-state index contributed by atoms with van der Waals surface area (Å²) in [5, 5.41) is 9.67. The lowest BCUT2D eigenvalue weighted by molar-refractivity contribution is -0.140. The van der Waals surface area contributed by atoms with Crippen LogP contribution in [0.4, 0.5) is 0 Å². The fourth-order valence-electron chi connectivity index (χ4n) is 1.21. The van der Waals surface area contributed by atoms with Gasteiger partial charge in [0.15, 0.2) is 0 Å². The van der Waals surface area contributed by atoms with Crippen molar-refractivity contribution in [1.29, 1.82) is 0 Å². The summed E-state index contributed by atoms with van der Waals surface area (Å²) in [6.07, 6.45) is -0.112. The first-order chi connectivity index (χ1) is 7.02. The molecule has 1 atom stereocenters. The molecule has 0 aliphatic heterocycles. The summed E-state index contributed by atoms with van der Waals surface area (Å²) >= 11 is 0. The van der Waals surface area contributed by atoms with E-state index in [0.717, 1.165) is 13.1 Å². The number of nitrogens with zero attached hydrogens (tertiary/aromatic N) is 1. The number of esters is 1. The molecular formula is C11H21NO3. The standard InChI is InChI=1S/C11H21NO3/c1-5-12(6-2)10(13)7-8-15-11(14)9(3)4/h10,13H,3,5-8H2,1-2,4H3. The highest BCUT2D eigenvalue weighted by molar-refractivity contribution is 5.86. The SMILES string of the molecule is C=C(C)C(=O)OCCC(O)N(CC)CC. The topological polar surface area (TPSA) is 49.8 Å². The van der Waals surface area contributed by atoms with Gasteiger partial charge >= 0.3 is 5.97 Å². The van der Waals surface area contributed by atoms with Crippen LogP contribution in [0.3, 0.4) is 0 Å². The van der Waals surface area contributed by atoms with Crippen LogP contribution < -0.4 is 0 Å². The minimum Gasteiger partial charge on any atom is -0.462 e. The van der Waals surface area contributed by atoms with Crippen LogP contribution in [0.25, 0.3) is 0 Å². The molecule has 88 valence electrons. The van der Waals surface area contributed by atoms with E-state index >= 15 is 0 Å². The third kappa shape index (κ3) is 5.54. The van der Waals surface area contributed by atoms with E-state index in [2.05, 4.69) is 6.58 Å². The molecule has 0 aromatic rings. The minimum atomic E-state index is -0.544. The molecule has 0 saturated carbocycles. The van der Waals surface area contributed by atoms with Gasteiger partial charge in [-0.15, -0.1) is 0 Å². The van der Waals surface area contributed by atoms with Crippen molar-refractivity contribution in [3.63, 3.8) is 0 Å². The van der Waals surface area contributed by atoms with E-state index in [4.69, 9.17) is 4.74 Å². The summed E-state index contributed by atoms with van der Waals surface area (Å²) in [6, 6.07) is 0. The Kier molecular flexibility index (Phi) is 6.99. The van der Waals surface area contributed by atoms with Gasteiger partial charge in [-0.1, -0.05) is 20.4 Å². The van der Waals surface area contributed by atoms with E-state index in [-0.39, 0.29) is 6.61 Å². The van der Waals surface area contributed by atoms with E-state index in [1.165, 1.54) is 0 Å². The van der Waals surface area contributed by atoms with Crippen molar-refractivity contribution in [1.82, 2.24) is 4.90 Å². The molecule has 0 aliphatic rings. The predicted molar refractivity (Wildman–Crippen MR) is 59.3 cm³/mol. The fraction of sp³-hybridized carbons (Fsp3) is 0.727. The lowest BCUT2D eigenvalue weighted by atomic mass is 10.3. The van der Waals surface area contributed by atoms with Crippen LogP contribution in [0.2, 0.25) is 0 Å². The van der Waals surface area contributed by atoms with Crippen molar-refractivity contribution in [3.8, 4) is 0 Å². The minimum absolute atomic E-state index is 0.226. The van der Waals surface area contributed by atoms with Crippen LogP contribution >= 0.6 is 0 Å². The molecule has 0 radical (unpaired) electrons.